The summed E-state index contributed by atoms with van der Waals surface area (Å²) in [6, 6.07) is 8.51. The van der Waals surface area contributed by atoms with Gasteiger partial charge in [0.15, 0.2) is 0 Å². The van der Waals surface area contributed by atoms with Crippen molar-refractivity contribution in [1.82, 2.24) is 4.90 Å². The Morgan fingerprint density at radius 1 is 1.42 bits per heavy atom. The van der Waals surface area contributed by atoms with E-state index < -0.39 is 0 Å². The molecule has 3 nitrogen and oxygen atoms in total. The summed E-state index contributed by atoms with van der Waals surface area (Å²) in [5.41, 5.74) is 2.07. The summed E-state index contributed by atoms with van der Waals surface area (Å²) in [7, 11) is 0. The molecule has 0 spiro atoms. The van der Waals surface area contributed by atoms with Crippen LogP contribution in [0.3, 0.4) is 0 Å². The third kappa shape index (κ3) is 3.06. The highest BCUT2D eigenvalue weighted by molar-refractivity contribution is 7.99. The number of benzene rings is 1. The lowest BCUT2D eigenvalue weighted by molar-refractivity contribution is 0.188. The quantitative estimate of drug-likeness (QED) is 0.898. The number of rotatable bonds is 2. The molecule has 2 fully saturated rings. The molecule has 0 aromatic heterocycles. The van der Waals surface area contributed by atoms with E-state index in [9.17, 15) is 4.79 Å². The zero-order valence-corrected chi connectivity index (χ0v) is 12.1. The summed E-state index contributed by atoms with van der Waals surface area (Å²) in [4.78, 5) is 14.5. The Morgan fingerprint density at radius 3 is 3.00 bits per heavy atom. The normalized spacial score (nSPS) is 23.2. The van der Waals surface area contributed by atoms with E-state index >= 15 is 0 Å². The van der Waals surface area contributed by atoms with Crippen LogP contribution in [0.15, 0.2) is 24.3 Å². The molecular formula is C15H20N2OS. The Balaban J connectivity index is 1.68. The van der Waals surface area contributed by atoms with Crippen molar-refractivity contribution in [3.05, 3.63) is 29.8 Å². The molecule has 3 rings (SSSR count). The molecule has 1 aromatic carbocycles. The number of carbonyl (C=O) groups is 1. The van der Waals surface area contributed by atoms with Gasteiger partial charge in [0.05, 0.1) is 0 Å². The molecule has 2 aliphatic rings. The molecule has 1 heterocycles. The monoisotopic (exact) mass is 276 g/mol. The van der Waals surface area contributed by atoms with E-state index in [0.29, 0.717) is 6.04 Å². The molecule has 4 heteroatoms. The molecular weight excluding hydrogens is 256 g/mol. The number of urea groups is 1. The topological polar surface area (TPSA) is 32.3 Å². The molecule has 1 atom stereocenters. The fraction of sp³-hybridized carbons (Fsp3) is 0.533. The zero-order valence-electron chi connectivity index (χ0n) is 11.3. The maximum atomic E-state index is 12.4. The molecule has 1 saturated heterocycles. The summed E-state index contributed by atoms with van der Waals surface area (Å²) < 4.78 is 0. The average molecular weight is 276 g/mol. The molecule has 2 amide bonds. The minimum atomic E-state index is 0.0720. The third-order valence-corrected chi connectivity index (χ3v) is 4.91. The van der Waals surface area contributed by atoms with Crippen LogP contribution in [0, 0.1) is 12.8 Å². The number of thioether (sulfide) groups is 1. The number of nitrogens with one attached hydrogen (secondary N) is 1. The number of aryl methyl sites for hydroxylation is 1. The second-order valence-electron chi connectivity index (χ2n) is 5.47. The van der Waals surface area contributed by atoms with Crippen molar-refractivity contribution in [1.29, 1.82) is 0 Å². The van der Waals surface area contributed by atoms with E-state index in [1.807, 2.05) is 43.0 Å². The number of hydrogen-bond donors (Lipinski definition) is 1. The van der Waals surface area contributed by atoms with Gasteiger partial charge in [-0.1, -0.05) is 12.1 Å². The lowest BCUT2D eigenvalue weighted by atomic mass is 10.2. The highest BCUT2D eigenvalue weighted by atomic mass is 32.2. The van der Waals surface area contributed by atoms with Crippen LogP contribution in [0.1, 0.15) is 18.4 Å². The first-order valence-corrected chi connectivity index (χ1v) is 8.11. The van der Waals surface area contributed by atoms with Crippen molar-refractivity contribution in [2.75, 3.05) is 23.4 Å². The minimum absolute atomic E-state index is 0.0720. The van der Waals surface area contributed by atoms with Crippen LogP contribution in [-0.2, 0) is 0 Å². The molecule has 1 N–H and O–H groups in total. The van der Waals surface area contributed by atoms with Crippen LogP contribution in [-0.4, -0.2) is 35.0 Å². The molecule has 1 aromatic rings. The molecule has 1 aliphatic carbocycles. The zero-order chi connectivity index (χ0) is 13.2. The van der Waals surface area contributed by atoms with E-state index in [2.05, 4.69) is 10.2 Å². The molecule has 102 valence electrons. The molecule has 0 radical (unpaired) electrons. The van der Waals surface area contributed by atoms with Gasteiger partial charge in [-0.25, -0.2) is 4.79 Å². The van der Waals surface area contributed by atoms with Crippen LogP contribution in [0.5, 0.6) is 0 Å². The van der Waals surface area contributed by atoms with E-state index in [1.54, 1.807) is 0 Å². The van der Waals surface area contributed by atoms with Crippen LogP contribution in [0.2, 0.25) is 0 Å². The molecule has 1 saturated carbocycles. The van der Waals surface area contributed by atoms with E-state index in [-0.39, 0.29) is 6.03 Å². The van der Waals surface area contributed by atoms with Gasteiger partial charge in [-0.15, -0.1) is 0 Å². The van der Waals surface area contributed by atoms with Gasteiger partial charge in [-0.3, -0.25) is 0 Å². The molecule has 1 aliphatic heterocycles. The molecule has 0 bridgehead atoms. The Labute approximate surface area is 118 Å². The van der Waals surface area contributed by atoms with Gasteiger partial charge in [-0.2, -0.15) is 11.8 Å². The van der Waals surface area contributed by atoms with E-state index in [1.165, 1.54) is 18.4 Å². The maximum absolute atomic E-state index is 12.4. The summed E-state index contributed by atoms with van der Waals surface area (Å²) in [6.07, 6.45) is 2.58. The Hall–Kier alpha value is -1.16. The maximum Gasteiger partial charge on any atom is 0.322 e. The predicted octanol–water partition coefficient (Wildman–Crippen LogP) is 3.35. The van der Waals surface area contributed by atoms with Crippen molar-refractivity contribution in [2.24, 2.45) is 5.92 Å². The van der Waals surface area contributed by atoms with Gasteiger partial charge < -0.3 is 10.2 Å². The summed E-state index contributed by atoms with van der Waals surface area (Å²) in [5, 5.41) is 3.04. The van der Waals surface area contributed by atoms with Gasteiger partial charge in [0, 0.05) is 29.8 Å². The number of anilines is 1. The Morgan fingerprint density at radius 2 is 2.26 bits per heavy atom. The number of hydrogen-bond acceptors (Lipinski definition) is 2. The number of nitrogens with zero attached hydrogens (tertiary/aromatic N) is 1. The smallest absolute Gasteiger partial charge is 0.320 e. The lowest BCUT2D eigenvalue weighted by Crippen LogP contribution is -2.49. The summed E-state index contributed by atoms with van der Waals surface area (Å²) in [6.45, 7) is 2.92. The molecule has 19 heavy (non-hydrogen) atoms. The highest BCUT2D eigenvalue weighted by Gasteiger charge is 2.38. The second-order valence-corrected chi connectivity index (χ2v) is 6.62. The van der Waals surface area contributed by atoms with Gasteiger partial charge >= 0.3 is 6.03 Å². The number of amides is 2. The van der Waals surface area contributed by atoms with Crippen molar-refractivity contribution in [2.45, 2.75) is 25.8 Å². The second kappa shape index (κ2) is 5.45. The van der Waals surface area contributed by atoms with Crippen LogP contribution in [0.25, 0.3) is 0 Å². The molecule has 1 unspecified atom stereocenters. The van der Waals surface area contributed by atoms with Gasteiger partial charge in [-0.05, 0) is 43.4 Å². The first-order chi connectivity index (χ1) is 9.24. The van der Waals surface area contributed by atoms with Crippen molar-refractivity contribution < 1.29 is 4.79 Å². The summed E-state index contributed by atoms with van der Waals surface area (Å²) in [5.74, 6) is 2.91. The van der Waals surface area contributed by atoms with Crippen LogP contribution in [0.4, 0.5) is 10.5 Å². The van der Waals surface area contributed by atoms with Crippen molar-refractivity contribution in [3.8, 4) is 0 Å². The largest absolute Gasteiger partial charge is 0.322 e. The van der Waals surface area contributed by atoms with E-state index in [0.717, 1.165) is 29.7 Å². The predicted molar refractivity (Wildman–Crippen MR) is 80.7 cm³/mol. The minimum Gasteiger partial charge on any atom is -0.320 e. The standard InChI is InChI=1S/C15H20N2OS/c1-11-3-2-4-13(9-11)16-15(18)17-7-8-19-10-14(17)12-5-6-12/h2-4,9,12,14H,5-8,10H2,1H3,(H,16,18). The first-order valence-electron chi connectivity index (χ1n) is 6.96. The fourth-order valence-electron chi connectivity index (χ4n) is 2.66. The van der Waals surface area contributed by atoms with Crippen molar-refractivity contribution >= 4 is 23.5 Å². The third-order valence-electron chi connectivity index (χ3n) is 3.86. The van der Waals surface area contributed by atoms with Crippen LogP contribution >= 0.6 is 11.8 Å². The Kier molecular flexibility index (Phi) is 3.69. The average Bonchev–Trinajstić information content (AvgIpc) is 3.23. The van der Waals surface area contributed by atoms with Crippen molar-refractivity contribution in [3.63, 3.8) is 0 Å². The summed E-state index contributed by atoms with van der Waals surface area (Å²) >= 11 is 1.98. The highest BCUT2D eigenvalue weighted by Crippen LogP contribution is 2.38. The SMILES string of the molecule is Cc1cccc(NC(=O)N2CCSCC2C2CC2)c1. The van der Waals surface area contributed by atoms with Gasteiger partial charge in [0.25, 0.3) is 0 Å². The van der Waals surface area contributed by atoms with E-state index in [4.69, 9.17) is 0 Å². The Bertz CT molecular complexity index is 473. The number of carbonyl (C=O) groups excluding carboxylic acids is 1. The first kappa shape index (κ1) is 12.9. The fourth-order valence-corrected chi connectivity index (χ4v) is 3.85. The van der Waals surface area contributed by atoms with Gasteiger partial charge in [0.2, 0.25) is 0 Å². The lowest BCUT2D eigenvalue weighted by Gasteiger charge is -2.35. The van der Waals surface area contributed by atoms with Gasteiger partial charge in [0.1, 0.15) is 0 Å². The van der Waals surface area contributed by atoms with Crippen LogP contribution < -0.4 is 5.32 Å².